The molecule has 4 N–H and O–H groups in total. The summed E-state index contributed by atoms with van der Waals surface area (Å²) < 4.78 is 6.10. The van der Waals surface area contributed by atoms with E-state index in [-0.39, 0.29) is 0 Å². The van der Waals surface area contributed by atoms with Gasteiger partial charge in [-0.25, -0.2) is 0 Å². The number of amides is 1. The highest BCUT2D eigenvalue weighted by Gasteiger charge is 2.45. The molecule has 2 aliphatic rings. The Labute approximate surface area is 233 Å². The average Bonchev–Trinajstić information content (AvgIpc) is 3.06. The molecule has 3 aromatic rings. The fourth-order valence-corrected chi connectivity index (χ4v) is 5.69. The van der Waals surface area contributed by atoms with Gasteiger partial charge in [-0.1, -0.05) is 41.9 Å². The minimum Gasteiger partial charge on any atom is -0.487 e. The van der Waals surface area contributed by atoms with Crippen LogP contribution in [-0.4, -0.2) is 45.6 Å². The first kappa shape index (κ1) is 27.3. The van der Waals surface area contributed by atoms with Gasteiger partial charge < -0.3 is 25.6 Å². The van der Waals surface area contributed by atoms with Crippen LogP contribution in [0.1, 0.15) is 54.6 Å². The van der Waals surface area contributed by atoms with Gasteiger partial charge in [0, 0.05) is 42.0 Å². The third-order valence-electron chi connectivity index (χ3n) is 7.83. The lowest BCUT2D eigenvalue weighted by molar-refractivity contribution is -0.140. The van der Waals surface area contributed by atoms with Crippen molar-refractivity contribution in [2.75, 3.05) is 19.6 Å². The number of rotatable bonds is 6. The van der Waals surface area contributed by atoms with E-state index in [9.17, 15) is 15.0 Å². The maximum absolute atomic E-state index is 12.5. The van der Waals surface area contributed by atoms with Gasteiger partial charge in [0.25, 0.3) is 0 Å². The highest BCUT2D eigenvalue weighted by molar-refractivity contribution is 6.30. The first-order valence-corrected chi connectivity index (χ1v) is 13.6. The Kier molecular flexibility index (Phi) is 7.53. The molecule has 3 heterocycles. The van der Waals surface area contributed by atoms with E-state index in [1.165, 1.54) is 0 Å². The van der Waals surface area contributed by atoms with Crippen molar-refractivity contribution in [3.63, 3.8) is 0 Å². The van der Waals surface area contributed by atoms with E-state index in [0.29, 0.717) is 49.7 Å². The van der Waals surface area contributed by atoms with Crippen LogP contribution < -0.4 is 10.5 Å². The number of fused-ring (bicyclic) bond motifs is 2. The number of aromatic nitrogens is 1. The molecule has 0 radical (unpaired) electrons. The number of nitrogens with two attached hydrogens (primary N) is 1. The minimum atomic E-state index is -1.33. The van der Waals surface area contributed by atoms with Crippen LogP contribution in [0.4, 0.5) is 0 Å². The van der Waals surface area contributed by atoms with Gasteiger partial charge in [-0.05, 0) is 73.7 Å². The highest BCUT2D eigenvalue weighted by Crippen LogP contribution is 2.40. The number of carbonyl (C=O) groups excluding carboxylic acids is 1. The Morgan fingerprint density at radius 1 is 1.23 bits per heavy atom. The minimum absolute atomic E-state index is 0.359. The summed E-state index contributed by atoms with van der Waals surface area (Å²) in [6.45, 7) is 5.55. The predicted octanol–water partition coefficient (Wildman–Crippen LogP) is 4.37. The molecule has 2 atom stereocenters. The molecule has 0 bridgehead atoms. The van der Waals surface area contributed by atoms with Crippen LogP contribution in [0.2, 0.25) is 5.02 Å². The number of likely N-dealkylation sites (tertiary alicyclic amines) is 1. The van der Waals surface area contributed by atoms with E-state index >= 15 is 0 Å². The number of halogens is 1. The number of benzene rings is 2. The van der Waals surface area contributed by atoms with Crippen LogP contribution in [0, 0.1) is 5.92 Å². The standard InChI is InChI=1S/C31H34ClN3O4/c1-30(2,37)21-9-12-28-25(17-21)23(24-5-3-14-34-27(24)19-39-28)6-4-15-35-16-13-31(38,26(18-35)29(33)36)20-7-10-22(32)11-8-20/h3,5-12,14,17,26,37-38H,4,13,15-16,18-19H2,1-2H3,(H2,33,36)/b23-6+. The normalized spacial score (nSPS) is 22.5. The van der Waals surface area contributed by atoms with Crippen LogP contribution in [0.3, 0.4) is 0 Å². The van der Waals surface area contributed by atoms with Crippen LogP contribution >= 0.6 is 11.6 Å². The maximum Gasteiger partial charge on any atom is 0.225 e. The average molecular weight is 548 g/mol. The summed E-state index contributed by atoms with van der Waals surface area (Å²) in [6, 6.07) is 16.7. The molecule has 5 rings (SSSR count). The molecule has 1 amide bonds. The second-order valence-corrected chi connectivity index (χ2v) is 11.3. The zero-order valence-electron chi connectivity index (χ0n) is 22.2. The van der Waals surface area contributed by atoms with E-state index in [0.717, 1.165) is 33.7 Å². The Morgan fingerprint density at radius 2 is 2.00 bits per heavy atom. The Morgan fingerprint density at radius 3 is 2.72 bits per heavy atom. The third-order valence-corrected chi connectivity index (χ3v) is 8.08. The number of carbonyl (C=O) groups is 1. The van der Waals surface area contributed by atoms with Gasteiger partial charge in [0.2, 0.25) is 5.91 Å². The smallest absolute Gasteiger partial charge is 0.225 e. The van der Waals surface area contributed by atoms with E-state index in [4.69, 9.17) is 22.1 Å². The van der Waals surface area contributed by atoms with E-state index in [1.807, 2.05) is 30.3 Å². The molecule has 0 spiro atoms. The van der Waals surface area contributed by atoms with Gasteiger partial charge in [0.05, 0.1) is 17.2 Å². The molecule has 2 aromatic carbocycles. The van der Waals surface area contributed by atoms with Gasteiger partial charge in [0.15, 0.2) is 0 Å². The number of primary amides is 1. The summed E-state index contributed by atoms with van der Waals surface area (Å²) in [5.74, 6) is -0.525. The first-order chi connectivity index (χ1) is 18.6. The van der Waals surface area contributed by atoms with E-state index in [1.54, 1.807) is 44.3 Å². The maximum atomic E-state index is 12.5. The summed E-state index contributed by atoms with van der Waals surface area (Å²) in [4.78, 5) is 19.2. The molecular weight excluding hydrogens is 514 g/mol. The zero-order valence-corrected chi connectivity index (χ0v) is 23.0. The first-order valence-electron chi connectivity index (χ1n) is 13.2. The van der Waals surface area contributed by atoms with Crippen molar-refractivity contribution in [2.24, 2.45) is 11.7 Å². The van der Waals surface area contributed by atoms with Crippen molar-refractivity contribution in [1.82, 2.24) is 9.88 Å². The van der Waals surface area contributed by atoms with E-state index < -0.39 is 23.0 Å². The number of nitrogens with zero attached hydrogens (tertiary/aromatic N) is 2. The van der Waals surface area contributed by atoms with Crippen molar-refractivity contribution < 1.29 is 19.7 Å². The van der Waals surface area contributed by atoms with Crippen molar-refractivity contribution in [3.8, 4) is 5.75 Å². The fourth-order valence-electron chi connectivity index (χ4n) is 5.56. The lowest BCUT2D eigenvalue weighted by atomic mass is 9.75. The zero-order chi connectivity index (χ0) is 27.8. The van der Waals surface area contributed by atoms with Crippen LogP contribution in [0.5, 0.6) is 5.75 Å². The van der Waals surface area contributed by atoms with Crippen LogP contribution in [-0.2, 0) is 22.6 Å². The summed E-state index contributed by atoms with van der Waals surface area (Å²) in [6.07, 6.45) is 5.01. The largest absolute Gasteiger partial charge is 0.487 e. The van der Waals surface area contributed by atoms with Crippen molar-refractivity contribution in [1.29, 1.82) is 0 Å². The number of piperidine rings is 1. The molecule has 8 heteroatoms. The SMILES string of the molecule is CC(C)(O)c1ccc2c(c1)/C(=C/CCN1CCC(O)(c3ccc(Cl)cc3)C(C(N)=O)C1)c1cccnc1CO2. The quantitative estimate of drug-likeness (QED) is 0.423. The van der Waals surface area contributed by atoms with Crippen LogP contribution in [0.15, 0.2) is 66.9 Å². The lowest BCUT2D eigenvalue weighted by Gasteiger charge is -2.43. The monoisotopic (exact) mass is 547 g/mol. The molecular formula is C31H34ClN3O4. The van der Waals surface area contributed by atoms with Gasteiger partial charge in [0.1, 0.15) is 18.0 Å². The Hall–Kier alpha value is -3.23. The van der Waals surface area contributed by atoms with Gasteiger partial charge in [-0.15, -0.1) is 0 Å². The second-order valence-electron chi connectivity index (χ2n) is 10.9. The lowest BCUT2D eigenvalue weighted by Crippen LogP contribution is -2.54. The van der Waals surface area contributed by atoms with Gasteiger partial charge >= 0.3 is 0 Å². The fraction of sp³-hybridized carbons (Fsp3) is 0.355. The topological polar surface area (TPSA) is 109 Å². The molecule has 2 unspecified atom stereocenters. The molecule has 0 saturated carbocycles. The molecule has 7 nitrogen and oxygen atoms in total. The Bertz CT molecular complexity index is 1400. The third kappa shape index (κ3) is 5.58. The molecule has 39 heavy (non-hydrogen) atoms. The number of ether oxygens (including phenoxy) is 1. The Balaban J connectivity index is 1.40. The predicted molar refractivity (Wildman–Crippen MR) is 151 cm³/mol. The molecule has 0 aliphatic carbocycles. The van der Waals surface area contributed by atoms with Crippen molar-refractivity contribution in [3.05, 3.63) is 99.8 Å². The number of hydrogen-bond donors (Lipinski definition) is 3. The molecule has 2 aliphatic heterocycles. The van der Waals surface area contributed by atoms with Crippen LogP contribution in [0.25, 0.3) is 5.57 Å². The summed E-state index contributed by atoms with van der Waals surface area (Å²) in [7, 11) is 0. The molecule has 1 aromatic heterocycles. The molecule has 1 fully saturated rings. The number of aliphatic hydroxyl groups is 2. The number of pyridine rings is 1. The number of hydrogen-bond acceptors (Lipinski definition) is 6. The van der Waals surface area contributed by atoms with E-state index in [2.05, 4.69) is 16.0 Å². The van der Waals surface area contributed by atoms with Crippen molar-refractivity contribution >= 4 is 23.1 Å². The molecule has 1 saturated heterocycles. The van der Waals surface area contributed by atoms with Gasteiger partial charge in [-0.2, -0.15) is 0 Å². The summed E-state index contributed by atoms with van der Waals surface area (Å²) in [5, 5.41) is 22.8. The molecule has 204 valence electrons. The van der Waals surface area contributed by atoms with Crippen molar-refractivity contribution in [2.45, 2.75) is 44.5 Å². The summed E-state index contributed by atoms with van der Waals surface area (Å²) >= 11 is 6.03. The summed E-state index contributed by atoms with van der Waals surface area (Å²) in [5.41, 5.74) is 8.66. The van der Waals surface area contributed by atoms with Gasteiger partial charge in [-0.3, -0.25) is 9.78 Å². The second kappa shape index (κ2) is 10.7. The highest BCUT2D eigenvalue weighted by atomic mass is 35.5.